The van der Waals surface area contributed by atoms with Gasteiger partial charge >= 0.3 is 0 Å². The van der Waals surface area contributed by atoms with E-state index < -0.39 is 10.0 Å². The van der Waals surface area contributed by atoms with Crippen molar-refractivity contribution in [3.8, 4) is 5.75 Å². The highest BCUT2D eigenvalue weighted by Gasteiger charge is 2.33. The van der Waals surface area contributed by atoms with E-state index in [9.17, 15) is 8.42 Å². The fourth-order valence-electron chi connectivity index (χ4n) is 3.94. The average Bonchev–Trinajstić information content (AvgIpc) is 2.60. The Morgan fingerprint density at radius 2 is 1.75 bits per heavy atom. The van der Waals surface area contributed by atoms with Crippen LogP contribution in [0.5, 0.6) is 5.75 Å². The second-order valence-electron chi connectivity index (χ2n) is 6.99. The van der Waals surface area contributed by atoms with Gasteiger partial charge in [0.05, 0.1) is 12.0 Å². The molecular formula is C18H28N2O3S. The summed E-state index contributed by atoms with van der Waals surface area (Å²) >= 11 is 0. The third-order valence-electron chi connectivity index (χ3n) is 5.53. The molecular weight excluding hydrogens is 324 g/mol. The summed E-state index contributed by atoms with van der Waals surface area (Å²) < 4.78 is 33.6. The Balaban J connectivity index is 1.95. The highest BCUT2D eigenvalue weighted by molar-refractivity contribution is 7.89. The second kappa shape index (κ2) is 7.02. The normalized spacial score (nSPS) is 20.2. The van der Waals surface area contributed by atoms with Gasteiger partial charge in [-0.3, -0.25) is 0 Å². The molecule has 1 fully saturated rings. The molecule has 0 bridgehead atoms. The highest BCUT2D eigenvalue weighted by atomic mass is 32.2. The quantitative estimate of drug-likeness (QED) is 0.834. The number of hydrogen-bond acceptors (Lipinski definition) is 4. The van der Waals surface area contributed by atoms with E-state index in [1.165, 1.54) is 0 Å². The zero-order chi connectivity index (χ0) is 17.3. The Kier molecular flexibility index (Phi) is 5.18. The molecule has 5 nitrogen and oxygen atoms in total. The SMILES string of the molecule is COc1ccc(S(=O)(=O)N(C)C2CCN(C)CC2)c2c1CCCC2. The molecule has 0 radical (unpaired) electrons. The number of likely N-dealkylation sites (tertiary alicyclic amines) is 1. The van der Waals surface area contributed by atoms with Crippen molar-refractivity contribution < 1.29 is 13.2 Å². The Morgan fingerprint density at radius 1 is 1.12 bits per heavy atom. The van der Waals surface area contributed by atoms with Crippen molar-refractivity contribution >= 4 is 10.0 Å². The van der Waals surface area contributed by atoms with Crippen LogP contribution in [-0.4, -0.2) is 58.0 Å². The first-order chi connectivity index (χ1) is 11.4. The Labute approximate surface area is 145 Å². The lowest BCUT2D eigenvalue weighted by Crippen LogP contribution is -2.44. The molecule has 0 saturated carbocycles. The summed E-state index contributed by atoms with van der Waals surface area (Å²) in [5, 5.41) is 0. The Morgan fingerprint density at radius 3 is 2.38 bits per heavy atom. The first-order valence-corrected chi connectivity index (χ1v) is 10.2. The van der Waals surface area contributed by atoms with Crippen molar-refractivity contribution in [1.29, 1.82) is 0 Å². The van der Waals surface area contributed by atoms with E-state index in [0.29, 0.717) is 4.90 Å². The highest BCUT2D eigenvalue weighted by Crippen LogP contribution is 2.36. The number of hydrogen-bond donors (Lipinski definition) is 0. The molecule has 1 aliphatic carbocycles. The van der Waals surface area contributed by atoms with E-state index in [4.69, 9.17) is 4.74 Å². The molecule has 0 amide bonds. The topological polar surface area (TPSA) is 49.9 Å². The molecule has 0 atom stereocenters. The maximum absolute atomic E-state index is 13.3. The molecule has 0 N–H and O–H groups in total. The van der Waals surface area contributed by atoms with Crippen LogP contribution in [0.25, 0.3) is 0 Å². The molecule has 0 aromatic heterocycles. The van der Waals surface area contributed by atoms with Crippen LogP contribution in [0.2, 0.25) is 0 Å². The van der Waals surface area contributed by atoms with E-state index >= 15 is 0 Å². The standard InChI is InChI=1S/C18H28N2O3S/c1-19-12-10-14(11-13-19)20(2)24(21,22)18-9-8-17(23-3)15-6-4-5-7-16(15)18/h8-9,14H,4-7,10-13H2,1-3H3. The minimum Gasteiger partial charge on any atom is -0.496 e. The van der Waals surface area contributed by atoms with Gasteiger partial charge in [-0.25, -0.2) is 8.42 Å². The van der Waals surface area contributed by atoms with Gasteiger partial charge in [0, 0.05) is 13.1 Å². The zero-order valence-electron chi connectivity index (χ0n) is 14.9. The van der Waals surface area contributed by atoms with Crippen molar-refractivity contribution in [2.75, 3.05) is 34.3 Å². The predicted octanol–water partition coefficient (Wildman–Crippen LogP) is 2.29. The van der Waals surface area contributed by atoms with E-state index in [2.05, 4.69) is 11.9 Å². The number of rotatable bonds is 4. The van der Waals surface area contributed by atoms with E-state index in [1.54, 1.807) is 24.5 Å². The molecule has 1 aliphatic heterocycles. The summed E-state index contributed by atoms with van der Waals surface area (Å²) in [7, 11) is 2.02. The molecule has 3 rings (SSSR count). The van der Waals surface area contributed by atoms with E-state index in [-0.39, 0.29) is 6.04 Å². The van der Waals surface area contributed by atoms with E-state index in [0.717, 1.165) is 68.5 Å². The van der Waals surface area contributed by atoms with Crippen molar-refractivity contribution in [3.63, 3.8) is 0 Å². The van der Waals surface area contributed by atoms with Gasteiger partial charge < -0.3 is 9.64 Å². The lowest BCUT2D eigenvalue weighted by molar-refractivity contribution is 0.197. The van der Waals surface area contributed by atoms with Crippen LogP contribution in [0.1, 0.15) is 36.8 Å². The first-order valence-electron chi connectivity index (χ1n) is 8.80. The number of ether oxygens (including phenoxy) is 1. The van der Waals surface area contributed by atoms with Gasteiger partial charge in [0.1, 0.15) is 5.75 Å². The number of methoxy groups -OCH3 is 1. The number of sulfonamides is 1. The molecule has 2 aliphatic rings. The molecule has 1 heterocycles. The summed E-state index contributed by atoms with van der Waals surface area (Å²) in [6.07, 6.45) is 5.65. The van der Waals surface area contributed by atoms with Crippen LogP contribution < -0.4 is 4.74 Å². The third-order valence-corrected chi connectivity index (χ3v) is 7.52. The molecule has 6 heteroatoms. The average molecular weight is 353 g/mol. The minimum absolute atomic E-state index is 0.0903. The lowest BCUT2D eigenvalue weighted by Gasteiger charge is -2.35. The van der Waals surface area contributed by atoms with Gasteiger partial charge in [0.15, 0.2) is 0 Å². The summed E-state index contributed by atoms with van der Waals surface area (Å²) in [5.74, 6) is 0.825. The van der Waals surface area contributed by atoms with Crippen molar-refractivity contribution in [1.82, 2.24) is 9.21 Å². The van der Waals surface area contributed by atoms with E-state index in [1.807, 2.05) is 6.07 Å². The fourth-order valence-corrected chi connectivity index (χ4v) is 5.63. The van der Waals surface area contributed by atoms with Crippen LogP contribution >= 0.6 is 0 Å². The van der Waals surface area contributed by atoms with Gasteiger partial charge in [0.25, 0.3) is 0 Å². The minimum atomic E-state index is -3.46. The van der Waals surface area contributed by atoms with Crippen LogP contribution in [0.3, 0.4) is 0 Å². The molecule has 134 valence electrons. The van der Waals surface area contributed by atoms with Gasteiger partial charge in [-0.2, -0.15) is 4.31 Å². The van der Waals surface area contributed by atoms with Crippen LogP contribution in [0, 0.1) is 0 Å². The smallest absolute Gasteiger partial charge is 0.243 e. The van der Waals surface area contributed by atoms with Gasteiger partial charge in [-0.15, -0.1) is 0 Å². The van der Waals surface area contributed by atoms with Crippen molar-refractivity contribution in [3.05, 3.63) is 23.3 Å². The lowest BCUT2D eigenvalue weighted by atomic mass is 9.91. The Bertz CT molecular complexity index is 694. The first kappa shape index (κ1) is 17.7. The van der Waals surface area contributed by atoms with Crippen molar-refractivity contribution in [2.45, 2.75) is 49.5 Å². The Hall–Kier alpha value is -1.11. The number of piperidine rings is 1. The fraction of sp³-hybridized carbons (Fsp3) is 0.667. The second-order valence-corrected chi connectivity index (χ2v) is 8.95. The molecule has 1 aromatic rings. The van der Waals surface area contributed by atoms with Gasteiger partial charge in [-0.05, 0) is 81.9 Å². The molecule has 0 spiro atoms. The summed E-state index contributed by atoms with van der Waals surface area (Å²) in [4.78, 5) is 2.74. The number of fused-ring (bicyclic) bond motifs is 1. The summed E-state index contributed by atoms with van der Waals surface area (Å²) in [5.41, 5.74) is 2.06. The number of nitrogens with zero attached hydrogens (tertiary/aromatic N) is 2. The maximum atomic E-state index is 13.3. The molecule has 24 heavy (non-hydrogen) atoms. The summed E-state index contributed by atoms with van der Waals surface area (Å²) in [6, 6.07) is 3.65. The predicted molar refractivity (Wildman–Crippen MR) is 95.1 cm³/mol. The van der Waals surface area contributed by atoms with Gasteiger partial charge in [0.2, 0.25) is 10.0 Å². The van der Waals surface area contributed by atoms with Crippen molar-refractivity contribution in [2.24, 2.45) is 0 Å². The zero-order valence-corrected chi connectivity index (χ0v) is 15.7. The molecule has 1 saturated heterocycles. The molecule has 1 aromatic carbocycles. The number of benzene rings is 1. The van der Waals surface area contributed by atoms with Gasteiger partial charge in [-0.1, -0.05) is 0 Å². The maximum Gasteiger partial charge on any atom is 0.243 e. The summed E-state index contributed by atoms with van der Waals surface area (Å²) in [6.45, 7) is 1.90. The van der Waals surface area contributed by atoms with Crippen LogP contribution in [0.15, 0.2) is 17.0 Å². The monoisotopic (exact) mass is 352 g/mol. The third kappa shape index (κ3) is 3.19. The van der Waals surface area contributed by atoms with Crippen LogP contribution in [-0.2, 0) is 22.9 Å². The largest absolute Gasteiger partial charge is 0.496 e. The van der Waals surface area contributed by atoms with Crippen LogP contribution in [0.4, 0.5) is 0 Å². The molecule has 0 unspecified atom stereocenters.